The Bertz CT molecular complexity index is 1060. The van der Waals surface area contributed by atoms with E-state index in [1.165, 1.54) is 0 Å². The summed E-state index contributed by atoms with van der Waals surface area (Å²) in [5.74, 6) is 0.834. The molecule has 0 fully saturated rings. The monoisotopic (exact) mass is 389 g/mol. The van der Waals surface area contributed by atoms with Crippen LogP contribution in [0, 0.1) is 6.92 Å². The van der Waals surface area contributed by atoms with Crippen LogP contribution in [0.25, 0.3) is 11.1 Å². The van der Waals surface area contributed by atoms with Gasteiger partial charge in [-0.15, -0.1) is 0 Å². The van der Waals surface area contributed by atoms with Gasteiger partial charge in [0.15, 0.2) is 0 Å². The number of rotatable bonds is 4. The number of aliphatic hydroxyl groups excluding tert-OH is 1. The molecule has 0 unspecified atom stereocenters. The number of aliphatic hydroxyl groups is 1. The van der Waals surface area contributed by atoms with E-state index < -0.39 is 12.1 Å². The molecule has 0 radical (unpaired) electrons. The molecule has 6 heteroatoms. The van der Waals surface area contributed by atoms with Gasteiger partial charge >= 0.3 is 0 Å². The number of nitrogens with one attached hydrogen (secondary N) is 1. The molecule has 3 aromatic rings. The number of nitrogens with zero attached hydrogens (tertiary/aromatic N) is 1. The van der Waals surface area contributed by atoms with Crippen molar-refractivity contribution in [3.8, 4) is 16.9 Å². The third-order valence-corrected chi connectivity index (χ3v) is 5.36. The van der Waals surface area contributed by atoms with E-state index in [-0.39, 0.29) is 5.91 Å². The molecule has 1 aliphatic carbocycles. The lowest BCUT2D eigenvalue weighted by Crippen LogP contribution is -2.33. The highest BCUT2D eigenvalue weighted by Gasteiger charge is 2.32. The topological polar surface area (TPSA) is 97.5 Å². The second-order valence-electron chi connectivity index (χ2n) is 7.21. The SMILES string of the molecule is COc1cc(-c2ccc(C(=O)N[C@@H]3c4ccccc4C[C@@H]3O)cc2)c(N)nc1C. The lowest BCUT2D eigenvalue weighted by Gasteiger charge is -2.18. The summed E-state index contributed by atoms with van der Waals surface area (Å²) < 4.78 is 5.33. The summed E-state index contributed by atoms with van der Waals surface area (Å²) >= 11 is 0. The minimum Gasteiger partial charge on any atom is -0.495 e. The van der Waals surface area contributed by atoms with Gasteiger partial charge in [-0.1, -0.05) is 36.4 Å². The highest BCUT2D eigenvalue weighted by Crippen LogP contribution is 2.32. The zero-order valence-corrected chi connectivity index (χ0v) is 16.3. The number of amides is 1. The summed E-state index contributed by atoms with van der Waals surface area (Å²) in [7, 11) is 1.59. The number of nitrogen functional groups attached to an aromatic ring is 1. The maximum atomic E-state index is 12.7. The first-order valence-corrected chi connectivity index (χ1v) is 9.46. The molecule has 0 spiro atoms. The molecule has 1 aromatic heterocycles. The van der Waals surface area contributed by atoms with Crippen LogP contribution in [0.5, 0.6) is 5.75 Å². The highest BCUT2D eigenvalue weighted by atomic mass is 16.5. The second-order valence-corrected chi connectivity index (χ2v) is 7.21. The fraction of sp³-hybridized carbons (Fsp3) is 0.217. The quantitative estimate of drug-likeness (QED) is 0.637. The smallest absolute Gasteiger partial charge is 0.251 e. The van der Waals surface area contributed by atoms with Crippen LogP contribution in [-0.4, -0.2) is 29.2 Å². The molecular weight excluding hydrogens is 366 g/mol. The fourth-order valence-corrected chi connectivity index (χ4v) is 3.82. The van der Waals surface area contributed by atoms with Gasteiger partial charge in [-0.2, -0.15) is 0 Å². The van der Waals surface area contributed by atoms with Crippen LogP contribution in [0.1, 0.15) is 33.2 Å². The number of hydrogen-bond donors (Lipinski definition) is 3. The van der Waals surface area contributed by atoms with Crippen molar-refractivity contribution < 1.29 is 14.6 Å². The van der Waals surface area contributed by atoms with Gasteiger partial charge in [0.25, 0.3) is 5.91 Å². The van der Waals surface area contributed by atoms with E-state index in [1.54, 1.807) is 19.2 Å². The number of aromatic nitrogens is 1. The molecule has 29 heavy (non-hydrogen) atoms. The maximum Gasteiger partial charge on any atom is 0.251 e. The zero-order chi connectivity index (χ0) is 20.5. The molecule has 4 N–H and O–H groups in total. The summed E-state index contributed by atoms with van der Waals surface area (Å²) in [6.45, 7) is 1.84. The maximum absolute atomic E-state index is 12.7. The largest absolute Gasteiger partial charge is 0.495 e. The van der Waals surface area contributed by atoms with Crippen molar-refractivity contribution in [3.63, 3.8) is 0 Å². The normalized spacial score (nSPS) is 17.6. The zero-order valence-electron chi connectivity index (χ0n) is 16.3. The molecular formula is C23H23N3O3. The van der Waals surface area contributed by atoms with Crippen LogP contribution in [0.15, 0.2) is 54.6 Å². The Labute approximate surface area is 169 Å². The van der Waals surface area contributed by atoms with Gasteiger partial charge in [0, 0.05) is 17.5 Å². The van der Waals surface area contributed by atoms with Crippen LogP contribution in [0.4, 0.5) is 5.82 Å². The molecule has 0 saturated heterocycles. The number of aryl methyl sites for hydroxylation is 1. The first kappa shape index (κ1) is 19.0. The summed E-state index contributed by atoms with van der Waals surface area (Å²) in [6.07, 6.45) is -0.0803. The Hall–Kier alpha value is -3.38. The van der Waals surface area contributed by atoms with Gasteiger partial charge in [0.1, 0.15) is 11.6 Å². The van der Waals surface area contributed by atoms with Crippen LogP contribution in [0.3, 0.4) is 0 Å². The summed E-state index contributed by atoms with van der Waals surface area (Å²) in [4.78, 5) is 17.1. The van der Waals surface area contributed by atoms with Crippen molar-refractivity contribution in [2.75, 3.05) is 12.8 Å². The molecule has 4 rings (SSSR count). The van der Waals surface area contributed by atoms with Gasteiger partial charge in [-0.3, -0.25) is 4.79 Å². The number of benzene rings is 2. The molecule has 6 nitrogen and oxygen atoms in total. The predicted octanol–water partition coefficient (Wildman–Crippen LogP) is 3.04. The third kappa shape index (κ3) is 3.54. The van der Waals surface area contributed by atoms with E-state index in [1.807, 2.05) is 49.4 Å². The number of nitrogens with two attached hydrogens (primary N) is 1. The Morgan fingerprint density at radius 3 is 2.66 bits per heavy atom. The number of hydrogen-bond acceptors (Lipinski definition) is 5. The molecule has 0 bridgehead atoms. The van der Waals surface area contributed by atoms with Gasteiger partial charge in [-0.05, 0) is 41.8 Å². The van der Waals surface area contributed by atoms with Crippen LogP contribution in [0.2, 0.25) is 0 Å². The number of anilines is 1. The van der Waals surface area contributed by atoms with Crippen molar-refractivity contribution in [2.45, 2.75) is 25.5 Å². The molecule has 1 heterocycles. The Kier molecular flexibility index (Phi) is 4.94. The van der Waals surface area contributed by atoms with Crippen LogP contribution >= 0.6 is 0 Å². The standard InChI is InChI=1S/C23H23N3O3/c1-13-20(29-2)12-18(22(24)25-13)14-7-9-15(10-8-14)23(28)26-21-17-6-4-3-5-16(17)11-19(21)27/h3-10,12,19,21,27H,11H2,1-2H3,(H2,24,25)(H,26,28)/t19-,21+/m0/s1. The lowest BCUT2D eigenvalue weighted by molar-refractivity contribution is 0.0858. The predicted molar refractivity (Wildman–Crippen MR) is 112 cm³/mol. The second kappa shape index (κ2) is 7.56. The van der Waals surface area contributed by atoms with Crippen molar-refractivity contribution >= 4 is 11.7 Å². The Morgan fingerprint density at radius 1 is 1.21 bits per heavy atom. The molecule has 2 aromatic carbocycles. The molecule has 148 valence electrons. The number of methoxy groups -OCH3 is 1. The van der Waals surface area contributed by atoms with E-state index in [0.717, 1.165) is 27.9 Å². The van der Waals surface area contributed by atoms with Crippen LogP contribution < -0.4 is 15.8 Å². The Balaban J connectivity index is 1.55. The molecule has 2 atom stereocenters. The van der Waals surface area contributed by atoms with Crippen molar-refractivity contribution in [1.82, 2.24) is 10.3 Å². The van der Waals surface area contributed by atoms with E-state index in [0.29, 0.717) is 23.6 Å². The number of carbonyl (C=O) groups is 1. The van der Waals surface area contributed by atoms with Crippen molar-refractivity contribution in [3.05, 3.63) is 77.0 Å². The molecule has 0 aliphatic heterocycles. The van der Waals surface area contributed by atoms with E-state index in [2.05, 4.69) is 10.3 Å². The van der Waals surface area contributed by atoms with Crippen molar-refractivity contribution in [1.29, 1.82) is 0 Å². The minimum absolute atomic E-state index is 0.232. The number of ether oxygens (including phenoxy) is 1. The van der Waals surface area contributed by atoms with Gasteiger partial charge in [0.2, 0.25) is 0 Å². The Morgan fingerprint density at radius 2 is 1.93 bits per heavy atom. The van der Waals surface area contributed by atoms with Crippen molar-refractivity contribution in [2.24, 2.45) is 0 Å². The average molecular weight is 389 g/mol. The van der Waals surface area contributed by atoms with Crippen LogP contribution in [-0.2, 0) is 6.42 Å². The van der Waals surface area contributed by atoms with Gasteiger partial charge in [-0.25, -0.2) is 4.98 Å². The lowest BCUT2D eigenvalue weighted by atomic mass is 10.0. The number of fused-ring (bicyclic) bond motifs is 1. The number of carbonyl (C=O) groups excluding carboxylic acids is 1. The first-order valence-electron chi connectivity index (χ1n) is 9.46. The summed E-state index contributed by atoms with van der Waals surface area (Å²) in [5, 5.41) is 13.3. The third-order valence-electron chi connectivity index (χ3n) is 5.36. The highest BCUT2D eigenvalue weighted by molar-refractivity contribution is 5.95. The minimum atomic E-state index is -0.624. The fourth-order valence-electron chi connectivity index (χ4n) is 3.82. The van der Waals surface area contributed by atoms with Gasteiger partial charge in [0.05, 0.1) is 24.9 Å². The number of pyridine rings is 1. The molecule has 0 saturated carbocycles. The summed E-state index contributed by atoms with van der Waals surface area (Å²) in [5.41, 5.74) is 10.9. The molecule has 1 amide bonds. The van der Waals surface area contributed by atoms with E-state index in [4.69, 9.17) is 10.5 Å². The first-order chi connectivity index (χ1) is 14.0. The summed E-state index contributed by atoms with van der Waals surface area (Å²) in [6, 6.07) is 16.4. The average Bonchev–Trinajstić information content (AvgIpc) is 3.03. The van der Waals surface area contributed by atoms with E-state index in [9.17, 15) is 9.90 Å². The van der Waals surface area contributed by atoms with Gasteiger partial charge < -0.3 is 20.9 Å². The van der Waals surface area contributed by atoms with E-state index >= 15 is 0 Å². The molecule has 1 aliphatic rings.